The highest BCUT2D eigenvalue weighted by molar-refractivity contribution is 5.86. The molecule has 3 fully saturated rings. The summed E-state index contributed by atoms with van der Waals surface area (Å²) in [6.45, 7) is 6.20. The quantitative estimate of drug-likeness (QED) is 0.864. The smallest absolute Gasteiger partial charge is 0.240 e. The van der Waals surface area contributed by atoms with Gasteiger partial charge in [0.25, 0.3) is 0 Å². The molecular weight excluding hydrogens is 338 g/mol. The van der Waals surface area contributed by atoms with E-state index in [1.54, 1.807) is 0 Å². The maximum absolute atomic E-state index is 13.3. The summed E-state index contributed by atoms with van der Waals surface area (Å²) in [4.78, 5) is 18.2. The van der Waals surface area contributed by atoms with Crippen LogP contribution >= 0.6 is 0 Å². The van der Waals surface area contributed by atoms with Crippen molar-refractivity contribution in [3.8, 4) is 0 Å². The average Bonchev–Trinajstić information content (AvgIpc) is 3.23. The largest absolute Gasteiger partial charge is 0.379 e. The number of anilines is 1. The van der Waals surface area contributed by atoms with E-state index in [9.17, 15) is 4.79 Å². The Morgan fingerprint density at radius 3 is 2.56 bits per heavy atom. The molecule has 0 unspecified atom stereocenters. The molecule has 1 atom stereocenters. The van der Waals surface area contributed by atoms with Gasteiger partial charge in [-0.1, -0.05) is 37.5 Å². The number of carbonyl (C=O) groups is 1. The maximum Gasteiger partial charge on any atom is 0.240 e. The Morgan fingerprint density at radius 1 is 1.07 bits per heavy atom. The van der Waals surface area contributed by atoms with Crippen LogP contribution in [0.2, 0.25) is 0 Å². The molecule has 1 aliphatic carbocycles. The Balaban J connectivity index is 1.34. The van der Waals surface area contributed by atoms with E-state index in [1.807, 2.05) is 0 Å². The molecule has 0 aromatic heterocycles. The number of rotatable bonds is 5. The molecule has 1 amide bonds. The molecule has 0 radical (unpaired) electrons. The van der Waals surface area contributed by atoms with Gasteiger partial charge in [0.1, 0.15) is 5.54 Å². The minimum Gasteiger partial charge on any atom is -0.379 e. The van der Waals surface area contributed by atoms with Crippen LogP contribution in [0.5, 0.6) is 0 Å². The number of benzene rings is 1. The van der Waals surface area contributed by atoms with E-state index >= 15 is 0 Å². The van der Waals surface area contributed by atoms with Crippen molar-refractivity contribution in [1.29, 1.82) is 0 Å². The predicted octanol–water partition coefficient (Wildman–Crippen LogP) is 2.66. The van der Waals surface area contributed by atoms with Gasteiger partial charge in [-0.05, 0) is 37.3 Å². The summed E-state index contributed by atoms with van der Waals surface area (Å²) >= 11 is 0. The first-order chi connectivity index (χ1) is 13.3. The van der Waals surface area contributed by atoms with Crippen molar-refractivity contribution in [3.63, 3.8) is 0 Å². The van der Waals surface area contributed by atoms with E-state index in [-0.39, 0.29) is 11.4 Å². The zero-order valence-corrected chi connectivity index (χ0v) is 16.4. The van der Waals surface area contributed by atoms with Crippen LogP contribution in [0.1, 0.15) is 38.5 Å². The molecule has 5 heteroatoms. The average molecular weight is 372 g/mol. The Kier molecular flexibility index (Phi) is 5.98. The van der Waals surface area contributed by atoms with Crippen molar-refractivity contribution in [1.82, 2.24) is 10.2 Å². The lowest BCUT2D eigenvalue weighted by Crippen LogP contribution is -2.62. The molecule has 1 aromatic rings. The van der Waals surface area contributed by atoms with Crippen molar-refractivity contribution in [2.24, 2.45) is 5.92 Å². The topological polar surface area (TPSA) is 44.8 Å². The van der Waals surface area contributed by atoms with Crippen molar-refractivity contribution < 1.29 is 9.53 Å². The Morgan fingerprint density at radius 2 is 1.81 bits per heavy atom. The second kappa shape index (κ2) is 8.61. The van der Waals surface area contributed by atoms with Crippen LogP contribution in [0.25, 0.3) is 0 Å². The monoisotopic (exact) mass is 371 g/mol. The fourth-order valence-electron chi connectivity index (χ4n) is 5.09. The van der Waals surface area contributed by atoms with E-state index in [2.05, 4.69) is 45.4 Å². The minimum atomic E-state index is -0.292. The van der Waals surface area contributed by atoms with Crippen LogP contribution in [-0.2, 0) is 9.53 Å². The first-order valence-electron chi connectivity index (χ1n) is 10.7. The molecule has 1 aromatic carbocycles. The summed E-state index contributed by atoms with van der Waals surface area (Å²) in [5, 5.41) is 3.36. The lowest BCUT2D eigenvalue weighted by molar-refractivity contribution is -0.140. The molecule has 3 aliphatic rings. The third-order valence-corrected chi connectivity index (χ3v) is 6.68. The summed E-state index contributed by atoms with van der Waals surface area (Å²) in [5.41, 5.74) is 1.00. The van der Waals surface area contributed by atoms with Gasteiger partial charge in [-0.3, -0.25) is 9.69 Å². The first-order valence-corrected chi connectivity index (χ1v) is 10.7. The maximum atomic E-state index is 13.3. The van der Waals surface area contributed by atoms with E-state index in [1.165, 1.54) is 12.1 Å². The Hall–Kier alpha value is -1.59. The van der Waals surface area contributed by atoms with Gasteiger partial charge in [-0.25, -0.2) is 0 Å². The second-order valence-corrected chi connectivity index (χ2v) is 8.34. The van der Waals surface area contributed by atoms with E-state index < -0.39 is 0 Å². The molecule has 1 N–H and O–H groups in total. The fourth-order valence-corrected chi connectivity index (χ4v) is 5.09. The molecule has 0 spiro atoms. The predicted molar refractivity (Wildman–Crippen MR) is 108 cm³/mol. The number of nitrogens with zero attached hydrogens (tertiary/aromatic N) is 2. The zero-order chi connectivity index (χ0) is 18.5. The molecule has 0 bridgehead atoms. The summed E-state index contributed by atoms with van der Waals surface area (Å²) in [6, 6.07) is 10.6. The zero-order valence-electron chi connectivity index (χ0n) is 16.4. The van der Waals surface area contributed by atoms with Crippen molar-refractivity contribution in [3.05, 3.63) is 30.3 Å². The number of nitrogens with one attached hydrogen (secondary N) is 1. The third-order valence-electron chi connectivity index (χ3n) is 6.68. The highest BCUT2D eigenvalue weighted by Gasteiger charge is 2.45. The molecule has 148 valence electrons. The van der Waals surface area contributed by atoms with Crippen LogP contribution in [0, 0.1) is 5.92 Å². The number of amides is 1. The number of ether oxygens (including phenoxy) is 1. The normalized spacial score (nSPS) is 26.1. The van der Waals surface area contributed by atoms with Crippen LogP contribution < -0.4 is 10.2 Å². The van der Waals surface area contributed by atoms with Crippen molar-refractivity contribution in [2.45, 2.75) is 44.1 Å². The van der Waals surface area contributed by atoms with Gasteiger partial charge in [-0.15, -0.1) is 0 Å². The van der Waals surface area contributed by atoms with Crippen LogP contribution in [-0.4, -0.2) is 62.3 Å². The van der Waals surface area contributed by atoms with Gasteiger partial charge >= 0.3 is 0 Å². The summed E-state index contributed by atoms with van der Waals surface area (Å²) in [7, 11) is 0. The summed E-state index contributed by atoms with van der Waals surface area (Å²) in [5.74, 6) is 0.807. The molecule has 2 saturated heterocycles. The van der Waals surface area contributed by atoms with E-state index in [4.69, 9.17) is 4.74 Å². The van der Waals surface area contributed by atoms with Gasteiger partial charge in [-0.2, -0.15) is 0 Å². The summed E-state index contributed by atoms with van der Waals surface area (Å²) in [6.07, 6.45) is 6.74. The fraction of sp³-hybridized carbons (Fsp3) is 0.682. The number of hydrogen-bond acceptors (Lipinski definition) is 4. The van der Waals surface area contributed by atoms with Gasteiger partial charge in [0.05, 0.1) is 13.2 Å². The molecule has 5 nitrogen and oxygen atoms in total. The molecule has 4 rings (SSSR count). The van der Waals surface area contributed by atoms with E-state index in [0.29, 0.717) is 5.92 Å². The SMILES string of the molecule is O=C(NC[C@@H]1CCN(c2ccccc2)C1)C1(N2CCOCC2)CCCCC1. The van der Waals surface area contributed by atoms with Crippen molar-refractivity contribution >= 4 is 11.6 Å². The van der Waals surface area contributed by atoms with Gasteiger partial charge < -0.3 is 15.0 Å². The Bertz CT molecular complexity index is 609. The molecule has 1 saturated carbocycles. The first kappa shape index (κ1) is 18.8. The van der Waals surface area contributed by atoms with Crippen LogP contribution in [0.15, 0.2) is 30.3 Å². The van der Waals surface area contributed by atoms with Gasteiger partial charge in [0.2, 0.25) is 5.91 Å². The number of carbonyl (C=O) groups excluding carboxylic acids is 1. The molecule has 2 heterocycles. The van der Waals surface area contributed by atoms with Gasteiger partial charge in [0.15, 0.2) is 0 Å². The van der Waals surface area contributed by atoms with Gasteiger partial charge in [0, 0.05) is 38.4 Å². The number of hydrogen-bond donors (Lipinski definition) is 1. The molecule has 2 aliphatic heterocycles. The van der Waals surface area contributed by atoms with E-state index in [0.717, 1.165) is 78.0 Å². The van der Waals surface area contributed by atoms with Crippen LogP contribution in [0.4, 0.5) is 5.69 Å². The standard InChI is InChI=1S/C22H33N3O2/c26-21(22(10-5-2-6-11-22)25-13-15-27-16-14-25)23-17-19-9-12-24(18-19)20-7-3-1-4-8-20/h1,3-4,7-8,19H,2,5-6,9-18H2,(H,23,26)/t19-/m0/s1. The Labute approximate surface area is 163 Å². The lowest BCUT2D eigenvalue weighted by atomic mass is 9.79. The highest BCUT2D eigenvalue weighted by atomic mass is 16.5. The number of para-hydroxylation sites is 1. The lowest BCUT2D eigenvalue weighted by Gasteiger charge is -2.46. The molecule has 27 heavy (non-hydrogen) atoms. The van der Waals surface area contributed by atoms with Crippen molar-refractivity contribution in [2.75, 3.05) is 50.8 Å². The third kappa shape index (κ3) is 4.14. The highest BCUT2D eigenvalue weighted by Crippen LogP contribution is 2.35. The molecular formula is C22H33N3O2. The second-order valence-electron chi connectivity index (χ2n) is 8.34. The number of morpholine rings is 1. The summed E-state index contributed by atoms with van der Waals surface area (Å²) < 4.78 is 5.53. The minimum absolute atomic E-state index is 0.266. The van der Waals surface area contributed by atoms with Crippen LogP contribution in [0.3, 0.4) is 0 Å².